The Kier molecular flexibility index (Phi) is 6.39. The van der Waals surface area contributed by atoms with Gasteiger partial charge in [-0.25, -0.2) is 4.79 Å². The lowest BCUT2D eigenvalue weighted by molar-refractivity contribution is -0.204. The Morgan fingerprint density at radius 1 is 1.14 bits per heavy atom. The van der Waals surface area contributed by atoms with Gasteiger partial charge in [0.25, 0.3) is 0 Å². The molecule has 7 heteroatoms. The molecule has 4 bridgehead atoms. The van der Waals surface area contributed by atoms with Gasteiger partial charge < -0.3 is 14.7 Å². The fraction of sp³-hybridized carbons (Fsp3) is 0.897. The summed E-state index contributed by atoms with van der Waals surface area (Å²) < 4.78 is 6.23. The molecule has 202 valence electrons. The molecule has 0 aromatic heterocycles. The lowest BCUT2D eigenvalue weighted by atomic mass is 9.43. The summed E-state index contributed by atoms with van der Waals surface area (Å²) in [5.74, 6) is 0.221. The number of rotatable bonds is 3. The summed E-state index contributed by atoms with van der Waals surface area (Å²) in [5.41, 5.74) is -1.32. The standard InChI is InChI=1S/C29H46N2O5/c1-16(2)27(5)13-22(36-26(35)30-25(34)20-15-31-12-9-19(20)14-31)28(6)17(3)7-10-29(18(4)24(27)33)11-8-21(32)23(28)29/h16-20,22-24,33H,7-15H2,1-6H3,(H,30,34,35)/t17-,18+,19-,20+,22-,23?,24+,27+,28+,29?/m1/s1. The Bertz CT molecular complexity index is 937. The third-order valence-electron chi connectivity index (χ3n) is 12.3. The number of amides is 2. The lowest BCUT2D eigenvalue weighted by Gasteiger charge is -2.62. The second-order valence-electron chi connectivity index (χ2n) is 13.8. The van der Waals surface area contributed by atoms with Crippen molar-refractivity contribution < 1.29 is 24.2 Å². The molecule has 2 saturated heterocycles. The average Bonchev–Trinajstić information content (AvgIpc) is 3.55. The molecule has 2 N–H and O–H groups in total. The number of ketones is 1. The van der Waals surface area contributed by atoms with Crippen LogP contribution in [-0.4, -0.2) is 59.6 Å². The van der Waals surface area contributed by atoms with E-state index >= 15 is 0 Å². The highest BCUT2D eigenvalue weighted by Crippen LogP contribution is 2.68. The molecule has 2 aliphatic heterocycles. The van der Waals surface area contributed by atoms with E-state index in [9.17, 15) is 19.5 Å². The number of aliphatic hydroxyl groups excluding tert-OH is 1. The van der Waals surface area contributed by atoms with Crippen molar-refractivity contribution in [2.24, 2.45) is 51.8 Å². The Hall–Kier alpha value is -1.47. The van der Waals surface area contributed by atoms with Gasteiger partial charge >= 0.3 is 6.09 Å². The Balaban J connectivity index is 1.47. The van der Waals surface area contributed by atoms with E-state index in [0.717, 1.165) is 38.8 Å². The first-order valence-corrected chi connectivity index (χ1v) is 14.3. The van der Waals surface area contributed by atoms with Crippen LogP contribution >= 0.6 is 0 Å². The summed E-state index contributed by atoms with van der Waals surface area (Å²) in [6, 6.07) is 0. The van der Waals surface area contributed by atoms with Crippen molar-refractivity contribution in [3.63, 3.8) is 0 Å². The monoisotopic (exact) mass is 502 g/mol. The second-order valence-corrected chi connectivity index (χ2v) is 13.8. The van der Waals surface area contributed by atoms with Crippen LogP contribution in [0.5, 0.6) is 0 Å². The highest BCUT2D eigenvalue weighted by Gasteiger charge is 2.68. The maximum atomic E-state index is 13.5. The largest absolute Gasteiger partial charge is 0.445 e. The Morgan fingerprint density at radius 3 is 2.47 bits per heavy atom. The zero-order valence-corrected chi connectivity index (χ0v) is 23.0. The number of nitrogens with zero attached hydrogens (tertiary/aromatic N) is 1. The van der Waals surface area contributed by atoms with Crippen molar-refractivity contribution in [1.29, 1.82) is 0 Å². The Morgan fingerprint density at radius 2 is 1.86 bits per heavy atom. The fourth-order valence-corrected chi connectivity index (χ4v) is 9.31. The topological polar surface area (TPSA) is 95.9 Å². The predicted octanol–water partition coefficient (Wildman–Crippen LogP) is 4.02. The van der Waals surface area contributed by atoms with Gasteiger partial charge in [-0.15, -0.1) is 0 Å². The quantitative estimate of drug-likeness (QED) is 0.605. The van der Waals surface area contributed by atoms with Gasteiger partial charge in [-0.1, -0.05) is 41.5 Å². The molecule has 2 amide bonds. The summed E-state index contributed by atoms with van der Waals surface area (Å²) in [5, 5.41) is 14.4. The number of alkyl carbamates (subject to hydrolysis) is 1. The van der Waals surface area contributed by atoms with Crippen molar-refractivity contribution in [2.75, 3.05) is 19.6 Å². The minimum absolute atomic E-state index is 0.0164. The van der Waals surface area contributed by atoms with Crippen LogP contribution in [0.15, 0.2) is 0 Å². The minimum atomic E-state index is -0.702. The molecular formula is C29H46N2O5. The minimum Gasteiger partial charge on any atom is -0.445 e. The summed E-state index contributed by atoms with van der Waals surface area (Å²) in [7, 11) is 0. The average molecular weight is 503 g/mol. The number of hydrogen-bond donors (Lipinski definition) is 2. The van der Waals surface area contributed by atoms with Crippen molar-refractivity contribution in [3.8, 4) is 0 Å². The second kappa shape index (κ2) is 8.79. The highest BCUT2D eigenvalue weighted by atomic mass is 16.6. The summed E-state index contributed by atoms with van der Waals surface area (Å²) in [6.07, 6.45) is 2.78. The Labute approximate surface area is 216 Å². The highest BCUT2D eigenvalue weighted by molar-refractivity contribution is 5.93. The summed E-state index contributed by atoms with van der Waals surface area (Å²) in [6.45, 7) is 15.5. The molecule has 0 radical (unpaired) electrons. The third-order valence-corrected chi connectivity index (χ3v) is 12.3. The van der Waals surface area contributed by atoms with Crippen molar-refractivity contribution in [1.82, 2.24) is 10.2 Å². The van der Waals surface area contributed by atoms with Gasteiger partial charge in [-0.3, -0.25) is 14.9 Å². The van der Waals surface area contributed by atoms with E-state index in [4.69, 9.17) is 4.74 Å². The summed E-state index contributed by atoms with van der Waals surface area (Å²) in [4.78, 5) is 42.1. The molecule has 3 saturated carbocycles. The number of nitrogens with one attached hydrogen (secondary N) is 1. The van der Waals surface area contributed by atoms with E-state index in [1.807, 2.05) is 0 Å². The normalized spacial score (nSPS) is 49.9. The third kappa shape index (κ3) is 3.62. The smallest absolute Gasteiger partial charge is 0.414 e. The van der Waals surface area contributed by atoms with E-state index in [1.165, 1.54) is 0 Å². The van der Waals surface area contributed by atoms with Gasteiger partial charge in [0.1, 0.15) is 11.9 Å². The van der Waals surface area contributed by atoms with Gasteiger partial charge in [0, 0.05) is 30.8 Å². The molecule has 0 aromatic carbocycles. The molecule has 11 atom stereocenters. The van der Waals surface area contributed by atoms with Gasteiger partial charge in [0.2, 0.25) is 5.91 Å². The van der Waals surface area contributed by atoms with Crippen LogP contribution in [0.4, 0.5) is 4.79 Å². The van der Waals surface area contributed by atoms with Crippen LogP contribution in [0.2, 0.25) is 0 Å². The van der Waals surface area contributed by atoms with E-state index in [1.54, 1.807) is 0 Å². The van der Waals surface area contributed by atoms with Crippen molar-refractivity contribution in [3.05, 3.63) is 0 Å². The molecule has 3 unspecified atom stereocenters. The maximum absolute atomic E-state index is 13.5. The molecule has 7 nitrogen and oxygen atoms in total. The number of piperidine rings is 1. The number of aliphatic hydroxyl groups is 1. The molecule has 0 spiro atoms. The molecule has 5 rings (SSSR count). The number of carbonyl (C=O) groups is 3. The van der Waals surface area contributed by atoms with Crippen LogP contribution in [0.3, 0.4) is 0 Å². The first-order chi connectivity index (χ1) is 16.8. The van der Waals surface area contributed by atoms with E-state index < -0.39 is 29.1 Å². The summed E-state index contributed by atoms with van der Waals surface area (Å²) >= 11 is 0. The van der Waals surface area contributed by atoms with Crippen LogP contribution in [0, 0.1) is 51.8 Å². The molecular weight excluding hydrogens is 456 g/mol. The molecule has 3 aliphatic carbocycles. The van der Waals surface area contributed by atoms with Crippen molar-refractivity contribution >= 4 is 17.8 Å². The lowest BCUT2D eigenvalue weighted by Crippen LogP contribution is -2.64. The van der Waals surface area contributed by atoms with Gasteiger partial charge in [-0.05, 0) is 73.2 Å². The number of fused-ring (bicyclic) bond motifs is 2. The zero-order valence-electron chi connectivity index (χ0n) is 23.0. The number of imide groups is 1. The SMILES string of the molecule is CC(C)[C@]1(C)C[C@@H](OC(=O)NC(=O)[C@H]2CN3CC[C@@H]2C3)[C@@]2(C)C3C(=O)CCC3(CC[C@H]2C)[C@@H](C)[C@@H]1O. The number of ether oxygens (including phenoxy) is 1. The van der Waals surface area contributed by atoms with E-state index in [2.05, 4.69) is 51.8 Å². The van der Waals surface area contributed by atoms with E-state index in [0.29, 0.717) is 25.3 Å². The number of hydrogen-bond acceptors (Lipinski definition) is 6. The molecule has 0 aromatic rings. The number of Topliss-reactive ketones (excluding diaryl/α,β-unsaturated/α-hetero) is 1. The molecule has 2 heterocycles. The van der Waals surface area contributed by atoms with Gasteiger partial charge in [0.15, 0.2) is 0 Å². The van der Waals surface area contributed by atoms with Crippen LogP contribution in [0.25, 0.3) is 0 Å². The van der Waals surface area contributed by atoms with Crippen LogP contribution < -0.4 is 5.32 Å². The van der Waals surface area contributed by atoms with E-state index in [-0.39, 0.29) is 46.7 Å². The number of carbonyl (C=O) groups excluding carboxylic acids is 3. The zero-order chi connectivity index (χ0) is 26.2. The van der Waals surface area contributed by atoms with Crippen LogP contribution in [0.1, 0.15) is 80.1 Å². The van der Waals surface area contributed by atoms with Crippen molar-refractivity contribution in [2.45, 2.75) is 92.3 Å². The van der Waals surface area contributed by atoms with Gasteiger partial charge in [0.05, 0.1) is 12.0 Å². The first kappa shape index (κ1) is 26.1. The fourth-order valence-electron chi connectivity index (χ4n) is 9.31. The van der Waals surface area contributed by atoms with Gasteiger partial charge in [-0.2, -0.15) is 0 Å². The maximum Gasteiger partial charge on any atom is 0.414 e. The van der Waals surface area contributed by atoms with Crippen LogP contribution in [-0.2, 0) is 14.3 Å². The molecule has 36 heavy (non-hydrogen) atoms. The molecule has 5 aliphatic rings. The first-order valence-electron chi connectivity index (χ1n) is 14.3. The molecule has 5 fully saturated rings. The predicted molar refractivity (Wildman–Crippen MR) is 136 cm³/mol.